The van der Waals surface area contributed by atoms with E-state index in [1.54, 1.807) is 87.0 Å². The zero-order chi connectivity index (χ0) is 67.6. The SMILES string of the molecule is CC(C)(O)c1cn(-c2ccc(-c3cc(F)c(CO)c(S(C)(=O)=O)c3)cc2F)c(C(C)(C)c2c(Cl)cccc2Cl)n1.CC(C)(O)c1cn(-c2ccc(Br)cc2F)c(C(C)(C)c2c(Cl)cccc2Cl)n1.CC1(C)OB(c2cc(F)c(CO)c(S(C)(=O)=O)c2)OC1(C)C. The Bertz CT molecular complexity index is 4250. The van der Waals surface area contributed by atoms with Crippen molar-refractivity contribution in [3.63, 3.8) is 0 Å². The highest BCUT2D eigenvalue weighted by Crippen LogP contribution is 2.44. The molecule has 14 nitrogen and oxygen atoms in total. The molecule has 9 rings (SSSR count). The van der Waals surface area contributed by atoms with Crippen LogP contribution in [0.1, 0.15) is 128 Å². The van der Waals surface area contributed by atoms with Gasteiger partial charge in [-0.1, -0.05) is 80.5 Å². The molecule has 0 unspecified atom stereocenters. The second kappa shape index (κ2) is 26.3. The Morgan fingerprint density at radius 2 is 0.911 bits per heavy atom. The highest BCUT2D eigenvalue weighted by molar-refractivity contribution is 9.10. The van der Waals surface area contributed by atoms with Gasteiger partial charge in [0.1, 0.15) is 46.1 Å². The van der Waals surface area contributed by atoms with Gasteiger partial charge in [-0.2, -0.15) is 0 Å². The van der Waals surface area contributed by atoms with Gasteiger partial charge in [-0.25, -0.2) is 44.4 Å². The van der Waals surface area contributed by atoms with Crippen LogP contribution in [0.2, 0.25) is 20.1 Å². The van der Waals surface area contributed by atoms with E-state index in [2.05, 4.69) is 25.9 Å². The average Bonchev–Trinajstić information content (AvgIpc) is 1.54. The second-order valence-electron chi connectivity index (χ2n) is 24.8. The van der Waals surface area contributed by atoms with Crippen LogP contribution in [0.4, 0.5) is 17.6 Å². The first-order valence-electron chi connectivity index (χ1n) is 27.7. The lowest BCUT2D eigenvalue weighted by molar-refractivity contribution is 0.00578. The monoisotopic (exact) mass is 1420 g/mol. The number of halogens is 9. The third-order valence-corrected chi connectivity index (χ3v) is 19.7. The lowest BCUT2D eigenvalue weighted by Crippen LogP contribution is -2.41. The van der Waals surface area contributed by atoms with Crippen LogP contribution in [0.5, 0.6) is 0 Å². The zero-order valence-corrected chi connectivity index (χ0v) is 57.9. The lowest BCUT2D eigenvalue weighted by Gasteiger charge is -2.32. The largest absolute Gasteiger partial charge is 0.494 e. The maximum absolute atomic E-state index is 15.8. The van der Waals surface area contributed by atoms with Gasteiger partial charge in [-0.05, 0) is 179 Å². The van der Waals surface area contributed by atoms with Crippen molar-refractivity contribution in [2.45, 2.75) is 139 Å². The molecule has 8 aromatic rings. The van der Waals surface area contributed by atoms with Crippen molar-refractivity contribution in [3.05, 3.63) is 203 Å². The van der Waals surface area contributed by atoms with E-state index < -0.39 is 96.5 Å². The van der Waals surface area contributed by atoms with Crippen molar-refractivity contribution < 1.29 is 64.1 Å². The van der Waals surface area contributed by atoms with Crippen LogP contribution >= 0.6 is 62.3 Å². The van der Waals surface area contributed by atoms with Gasteiger partial charge in [0, 0.05) is 71.7 Å². The molecule has 0 saturated carbocycles. The van der Waals surface area contributed by atoms with E-state index in [9.17, 15) is 50.4 Å². The number of aromatic nitrogens is 4. The van der Waals surface area contributed by atoms with E-state index in [-0.39, 0.29) is 48.9 Å². The van der Waals surface area contributed by atoms with E-state index in [0.29, 0.717) is 58.7 Å². The van der Waals surface area contributed by atoms with Crippen LogP contribution in [0.25, 0.3) is 22.5 Å². The summed E-state index contributed by atoms with van der Waals surface area (Å²) in [7, 11) is -8.43. The Hall–Kier alpha value is -5.18. The molecular weight excluding hydrogens is 1360 g/mol. The molecule has 90 heavy (non-hydrogen) atoms. The molecule has 26 heteroatoms. The minimum absolute atomic E-state index is 0.0776. The molecule has 0 radical (unpaired) electrons. The number of imidazole rings is 2. The van der Waals surface area contributed by atoms with Crippen molar-refractivity contribution in [1.29, 1.82) is 0 Å². The fourth-order valence-electron chi connectivity index (χ4n) is 10.1. The minimum Gasteiger partial charge on any atom is -0.399 e. The molecule has 0 spiro atoms. The molecule has 1 aliphatic heterocycles. The molecule has 0 atom stereocenters. The first kappa shape index (κ1) is 72.3. The smallest absolute Gasteiger partial charge is 0.399 e. The Kier molecular flexibility index (Phi) is 21.1. The number of hydrogen-bond donors (Lipinski definition) is 4. The molecule has 0 aliphatic carbocycles. The van der Waals surface area contributed by atoms with Crippen LogP contribution in [0, 0.1) is 23.3 Å². The van der Waals surface area contributed by atoms with Gasteiger partial charge in [0.2, 0.25) is 0 Å². The Morgan fingerprint density at radius 3 is 1.28 bits per heavy atom. The summed E-state index contributed by atoms with van der Waals surface area (Å²) in [5.41, 5.74) is -3.16. The van der Waals surface area contributed by atoms with Gasteiger partial charge in [0.15, 0.2) is 19.7 Å². The number of benzene rings is 6. The molecule has 6 aromatic carbocycles. The number of rotatable bonds is 14. The van der Waals surface area contributed by atoms with Crippen molar-refractivity contribution in [2.24, 2.45) is 0 Å². The van der Waals surface area contributed by atoms with Gasteiger partial charge in [0.05, 0.1) is 67.8 Å². The topological polar surface area (TPSA) is 203 Å². The minimum atomic E-state index is -3.88. The quantitative estimate of drug-likeness (QED) is 0.0593. The predicted octanol–water partition coefficient (Wildman–Crippen LogP) is 14.2. The second-order valence-corrected chi connectivity index (χ2v) is 31.3. The van der Waals surface area contributed by atoms with Crippen molar-refractivity contribution in [2.75, 3.05) is 12.5 Å². The number of hydrogen-bond acceptors (Lipinski definition) is 12. The summed E-state index contributed by atoms with van der Waals surface area (Å²) < 4.78 is 123. The fraction of sp³-hybridized carbons (Fsp3) is 0.344. The zero-order valence-electron chi connectivity index (χ0n) is 51.6. The van der Waals surface area contributed by atoms with Crippen molar-refractivity contribution >= 4 is 94.6 Å². The molecule has 3 heterocycles. The summed E-state index contributed by atoms with van der Waals surface area (Å²) in [4.78, 5) is 8.71. The molecular formula is C64H68BBrCl4F4N4O10S2. The molecule has 1 fully saturated rings. The van der Waals surface area contributed by atoms with E-state index in [1.165, 1.54) is 41.1 Å². The molecule has 482 valence electrons. The fourth-order valence-corrected chi connectivity index (χ4v) is 14.0. The maximum atomic E-state index is 15.8. The summed E-state index contributed by atoms with van der Waals surface area (Å²) in [6.45, 7) is 19.8. The standard InChI is InChI=1S/C29H28Cl2F2N2O4S.C21H20BrCl2FN2O.C14H20BFO5S/c1-28(2,26-19(30)7-6-8-20(26)31)27-34-25(29(3,4)37)14-35(27)23-10-9-16(11-22(23)33)17-12-21(32)18(15-36)24(13-17)40(5,38)39;1-20(2,18-13(23)6-5-7-14(18)24)19-26-17(21(3,4)28)11-27(19)16-9-8-12(22)10-15(16)25;1-13(2)14(3,4)21-15(20-13)9-6-11(16)10(8-17)12(7-9)22(5,18)19/h6-14,36-37H,15H2,1-5H3;5-11,28H,1-4H3;6-7,17H,8H2,1-5H3. The highest BCUT2D eigenvalue weighted by atomic mass is 79.9. The Morgan fingerprint density at radius 1 is 0.544 bits per heavy atom. The van der Waals surface area contributed by atoms with Crippen molar-refractivity contribution in [3.8, 4) is 22.5 Å². The lowest BCUT2D eigenvalue weighted by atomic mass is 9.78. The third-order valence-electron chi connectivity index (χ3n) is 15.6. The molecule has 2 aromatic heterocycles. The van der Waals surface area contributed by atoms with Gasteiger partial charge in [0.25, 0.3) is 0 Å². The summed E-state index contributed by atoms with van der Waals surface area (Å²) in [6, 6.07) is 24.0. The number of sulfone groups is 2. The van der Waals surface area contributed by atoms with Gasteiger partial charge in [-0.15, -0.1) is 0 Å². The van der Waals surface area contributed by atoms with Crippen LogP contribution < -0.4 is 5.46 Å². The summed E-state index contributed by atoms with van der Waals surface area (Å²) >= 11 is 29.2. The molecule has 0 bridgehead atoms. The molecule has 0 amide bonds. The average molecular weight is 1430 g/mol. The number of aliphatic hydroxyl groups excluding tert-OH is 2. The summed E-state index contributed by atoms with van der Waals surface area (Å²) in [6.07, 6.45) is 5.04. The van der Waals surface area contributed by atoms with Gasteiger partial charge < -0.3 is 29.7 Å². The van der Waals surface area contributed by atoms with Crippen molar-refractivity contribution in [1.82, 2.24) is 19.1 Å². The number of aliphatic hydroxyl groups is 4. The van der Waals surface area contributed by atoms with E-state index >= 15 is 4.39 Å². The van der Waals surface area contributed by atoms with Crippen LogP contribution in [0.3, 0.4) is 0 Å². The van der Waals surface area contributed by atoms with Gasteiger partial charge >= 0.3 is 7.12 Å². The first-order chi connectivity index (χ1) is 41.3. The number of nitrogens with zero attached hydrogens (tertiary/aromatic N) is 4. The Labute approximate surface area is 550 Å². The third kappa shape index (κ3) is 15.1. The summed E-state index contributed by atoms with van der Waals surface area (Å²) in [5.74, 6) is -1.99. The van der Waals surface area contributed by atoms with Crippen LogP contribution in [-0.4, -0.2) is 87.2 Å². The van der Waals surface area contributed by atoms with Gasteiger partial charge in [-0.3, -0.25) is 9.13 Å². The Balaban J connectivity index is 0.000000202. The normalized spacial score (nSPS) is 14.5. The van der Waals surface area contributed by atoms with E-state index in [0.717, 1.165) is 30.7 Å². The first-order valence-corrected chi connectivity index (χ1v) is 33.8. The predicted molar refractivity (Wildman–Crippen MR) is 348 cm³/mol. The maximum Gasteiger partial charge on any atom is 0.494 e. The molecule has 1 aliphatic rings. The van der Waals surface area contributed by atoms with Crippen LogP contribution in [0.15, 0.2) is 124 Å². The van der Waals surface area contributed by atoms with Crippen LogP contribution in [-0.2, 0) is 64.2 Å². The van der Waals surface area contributed by atoms with E-state index in [1.807, 2.05) is 55.4 Å². The highest BCUT2D eigenvalue weighted by Gasteiger charge is 2.52. The van der Waals surface area contributed by atoms with E-state index in [4.69, 9.17) is 55.7 Å². The molecule has 4 N–H and O–H groups in total. The summed E-state index contributed by atoms with van der Waals surface area (Å²) in [5, 5.41) is 41.7. The molecule has 1 saturated heterocycles.